The van der Waals surface area contributed by atoms with Crippen molar-refractivity contribution < 1.29 is 28.6 Å². The van der Waals surface area contributed by atoms with Crippen molar-refractivity contribution in [2.45, 2.75) is 284 Å². The van der Waals surface area contributed by atoms with Gasteiger partial charge in [-0.25, -0.2) is 0 Å². The zero-order valence-electron chi connectivity index (χ0n) is 44.2. The van der Waals surface area contributed by atoms with Gasteiger partial charge in [0.1, 0.15) is 13.2 Å². The first kappa shape index (κ1) is 63.8. The molecule has 0 aromatic carbocycles. The summed E-state index contributed by atoms with van der Waals surface area (Å²) in [6.45, 7) is 6.56. The van der Waals surface area contributed by atoms with Crippen LogP contribution < -0.4 is 0 Å². The van der Waals surface area contributed by atoms with Crippen molar-refractivity contribution in [2.24, 2.45) is 0 Å². The molecule has 0 bridgehead atoms. The van der Waals surface area contributed by atoms with Gasteiger partial charge in [0, 0.05) is 19.3 Å². The lowest BCUT2D eigenvalue weighted by Gasteiger charge is -2.18. The van der Waals surface area contributed by atoms with Crippen LogP contribution in [0, 0.1) is 0 Å². The van der Waals surface area contributed by atoms with E-state index in [1.807, 2.05) is 0 Å². The second-order valence-electron chi connectivity index (χ2n) is 18.8. The van der Waals surface area contributed by atoms with Gasteiger partial charge < -0.3 is 14.2 Å². The van der Waals surface area contributed by atoms with Gasteiger partial charge in [-0.15, -0.1) is 0 Å². The number of rotatable bonds is 51. The molecule has 0 aromatic heterocycles. The van der Waals surface area contributed by atoms with Crippen LogP contribution in [0.5, 0.6) is 0 Å². The highest BCUT2D eigenvalue weighted by atomic mass is 16.6. The molecule has 0 rings (SSSR count). The van der Waals surface area contributed by atoms with Crippen molar-refractivity contribution >= 4 is 17.9 Å². The van der Waals surface area contributed by atoms with Crippen LogP contribution in [0.3, 0.4) is 0 Å². The lowest BCUT2D eigenvalue weighted by Crippen LogP contribution is -2.30. The second kappa shape index (κ2) is 55.4. The topological polar surface area (TPSA) is 78.9 Å². The summed E-state index contributed by atoms with van der Waals surface area (Å²) in [6, 6.07) is 0. The Hall–Kier alpha value is -3.15. The van der Waals surface area contributed by atoms with E-state index in [1.54, 1.807) is 0 Å². The van der Waals surface area contributed by atoms with Crippen molar-refractivity contribution in [3.8, 4) is 0 Å². The first-order chi connectivity index (χ1) is 33.0. The predicted octanol–water partition coefficient (Wildman–Crippen LogP) is 19.0. The van der Waals surface area contributed by atoms with E-state index in [9.17, 15) is 14.4 Å². The number of hydrogen-bond acceptors (Lipinski definition) is 6. The van der Waals surface area contributed by atoms with E-state index in [1.165, 1.54) is 141 Å². The van der Waals surface area contributed by atoms with Gasteiger partial charge in [0.15, 0.2) is 6.10 Å². The molecule has 0 N–H and O–H groups in total. The number of carbonyl (C=O) groups excluding carboxylic acids is 3. The molecule has 0 unspecified atom stereocenters. The lowest BCUT2D eigenvalue weighted by atomic mass is 10.1. The minimum atomic E-state index is -0.791. The van der Waals surface area contributed by atoms with Crippen LogP contribution >= 0.6 is 0 Å². The maximum absolute atomic E-state index is 12.9. The Morgan fingerprint density at radius 1 is 0.299 bits per heavy atom. The number of ether oxygens (including phenoxy) is 3. The van der Waals surface area contributed by atoms with Crippen LogP contribution in [-0.2, 0) is 28.6 Å². The fraction of sp³-hybridized carbons (Fsp3) is 0.754. The van der Waals surface area contributed by atoms with E-state index < -0.39 is 6.10 Å². The molecule has 0 heterocycles. The van der Waals surface area contributed by atoms with E-state index in [2.05, 4.69) is 93.7 Å². The molecule has 386 valence electrons. The maximum Gasteiger partial charge on any atom is 0.306 e. The molecule has 0 aliphatic carbocycles. The largest absolute Gasteiger partial charge is 0.462 e. The molecule has 0 saturated carbocycles. The summed E-state index contributed by atoms with van der Waals surface area (Å²) < 4.78 is 16.8. The Morgan fingerprint density at radius 3 is 0.881 bits per heavy atom. The molecule has 6 heteroatoms. The molecule has 0 aliphatic rings. The van der Waals surface area contributed by atoms with Gasteiger partial charge in [0.05, 0.1) is 0 Å². The summed E-state index contributed by atoms with van der Waals surface area (Å²) in [5, 5.41) is 0. The van der Waals surface area contributed by atoms with Gasteiger partial charge in [-0.05, 0) is 116 Å². The van der Waals surface area contributed by atoms with Crippen molar-refractivity contribution in [1.29, 1.82) is 0 Å². The number of carbonyl (C=O) groups is 3. The average Bonchev–Trinajstić information content (AvgIpc) is 3.33. The molecule has 0 spiro atoms. The standard InChI is InChI=1S/C61H106O6/c1-4-7-10-13-16-19-22-25-28-30-33-36-39-42-45-48-51-54-60(63)66-57-58(56-65-59(62)53-50-47-44-41-38-35-32-27-24-21-18-15-12-9-6-3)67-61(64)55-52-49-46-43-40-37-34-31-29-26-23-20-17-14-11-8-5-2/h16-17,19-21,24-26,28-29,33,36,58H,4-15,18,22-23,27,30-32,34-35,37-57H2,1-3H3/b19-16+,20-17+,24-21+,28-25+,29-26+,36-33+/t58-/m1/s1. The third-order valence-corrected chi connectivity index (χ3v) is 12.2. The Kier molecular flexibility index (Phi) is 52.8. The third-order valence-electron chi connectivity index (χ3n) is 12.2. The normalized spacial score (nSPS) is 12.6. The maximum atomic E-state index is 12.9. The second-order valence-corrected chi connectivity index (χ2v) is 18.8. The quantitative estimate of drug-likeness (QED) is 0.0262. The Balaban J connectivity index is 4.44. The highest BCUT2D eigenvalue weighted by molar-refractivity contribution is 5.71. The van der Waals surface area contributed by atoms with Crippen LogP contribution in [0.1, 0.15) is 278 Å². The number of esters is 3. The Bertz CT molecular complexity index is 1260. The number of unbranched alkanes of at least 4 members (excludes halogenated alkanes) is 28. The molecular weight excluding hydrogens is 829 g/mol. The Labute approximate surface area is 414 Å². The smallest absolute Gasteiger partial charge is 0.306 e. The van der Waals surface area contributed by atoms with Crippen molar-refractivity contribution in [3.63, 3.8) is 0 Å². The zero-order chi connectivity index (χ0) is 48.6. The SMILES string of the molecule is CCCCC/C=C/C/C=C/C/C=C/CCCCCCC(=O)OC[C@@H](COC(=O)CCCCCCCCC/C=C/CCCCCC)OC(=O)CCCCCCCCC/C=C/C/C=C/CCCCC. The van der Waals surface area contributed by atoms with Crippen LogP contribution in [0.15, 0.2) is 72.9 Å². The van der Waals surface area contributed by atoms with Gasteiger partial charge in [0.25, 0.3) is 0 Å². The van der Waals surface area contributed by atoms with Crippen molar-refractivity contribution in [2.75, 3.05) is 13.2 Å². The fourth-order valence-electron chi connectivity index (χ4n) is 7.83. The van der Waals surface area contributed by atoms with Gasteiger partial charge >= 0.3 is 17.9 Å². The molecule has 6 nitrogen and oxygen atoms in total. The summed E-state index contributed by atoms with van der Waals surface area (Å²) in [5.41, 5.74) is 0. The van der Waals surface area contributed by atoms with E-state index in [4.69, 9.17) is 14.2 Å². The fourth-order valence-corrected chi connectivity index (χ4v) is 7.83. The van der Waals surface area contributed by atoms with E-state index in [-0.39, 0.29) is 31.1 Å². The van der Waals surface area contributed by atoms with E-state index >= 15 is 0 Å². The summed E-state index contributed by atoms with van der Waals surface area (Å²) in [7, 11) is 0. The molecule has 67 heavy (non-hydrogen) atoms. The highest BCUT2D eigenvalue weighted by Crippen LogP contribution is 2.14. The summed E-state index contributed by atoms with van der Waals surface area (Å²) in [6.07, 6.45) is 70.2. The first-order valence-corrected chi connectivity index (χ1v) is 28.4. The van der Waals surface area contributed by atoms with Crippen LogP contribution in [0.25, 0.3) is 0 Å². The summed E-state index contributed by atoms with van der Waals surface area (Å²) in [5.74, 6) is -0.915. The zero-order valence-corrected chi connectivity index (χ0v) is 44.2. The van der Waals surface area contributed by atoms with Crippen LogP contribution in [-0.4, -0.2) is 37.2 Å². The molecular formula is C61H106O6. The highest BCUT2D eigenvalue weighted by Gasteiger charge is 2.19. The molecule has 0 radical (unpaired) electrons. The minimum absolute atomic E-state index is 0.0878. The monoisotopic (exact) mass is 935 g/mol. The molecule has 1 atom stereocenters. The van der Waals surface area contributed by atoms with E-state index in [0.717, 1.165) is 96.3 Å². The predicted molar refractivity (Wildman–Crippen MR) is 288 cm³/mol. The first-order valence-electron chi connectivity index (χ1n) is 28.4. The lowest BCUT2D eigenvalue weighted by molar-refractivity contribution is -0.167. The average molecular weight is 936 g/mol. The summed E-state index contributed by atoms with van der Waals surface area (Å²) >= 11 is 0. The van der Waals surface area contributed by atoms with E-state index in [0.29, 0.717) is 19.3 Å². The van der Waals surface area contributed by atoms with Crippen molar-refractivity contribution in [3.05, 3.63) is 72.9 Å². The summed E-state index contributed by atoms with van der Waals surface area (Å²) in [4.78, 5) is 38.1. The van der Waals surface area contributed by atoms with Crippen LogP contribution in [0.2, 0.25) is 0 Å². The number of allylic oxidation sites excluding steroid dienone is 12. The Morgan fingerprint density at radius 2 is 0.537 bits per heavy atom. The molecule has 0 aromatic rings. The number of hydrogen-bond donors (Lipinski definition) is 0. The molecule has 0 amide bonds. The molecule has 0 aliphatic heterocycles. The van der Waals surface area contributed by atoms with Crippen LogP contribution in [0.4, 0.5) is 0 Å². The van der Waals surface area contributed by atoms with Gasteiger partial charge in [-0.2, -0.15) is 0 Å². The molecule has 0 fully saturated rings. The molecule has 0 saturated heterocycles. The van der Waals surface area contributed by atoms with Crippen molar-refractivity contribution in [1.82, 2.24) is 0 Å². The van der Waals surface area contributed by atoms with Gasteiger partial charge in [-0.1, -0.05) is 216 Å². The minimum Gasteiger partial charge on any atom is -0.462 e. The van der Waals surface area contributed by atoms with Gasteiger partial charge in [-0.3, -0.25) is 14.4 Å². The third kappa shape index (κ3) is 53.7. The van der Waals surface area contributed by atoms with Gasteiger partial charge in [0.2, 0.25) is 0 Å².